The van der Waals surface area contributed by atoms with Gasteiger partial charge in [0, 0.05) is 19.2 Å². The largest absolute Gasteiger partial charge is 0.465 e. The summed E-state index contributed by atoms with van der Waals surface area (Å²) in [5.74, 6) is -3.27. The number of aryl methyl sites for hydroxylation is 1. The van der Waals surface area contributed by atoms with Crippen molar-refractivity contribution in [3.8, 4) is 6.07 Å². The second-order valence-electron chi connectivity index (χ2n) is 9.72. The fourth-order valence-electron chi connectivity index (χ4n) is 4.35. The molecule has 2 aromatic heterocycles. The standard InChI is InChI=1S/C24H28F2N6O3/c1-15-5-6-17(30-18-11-16(12-27)7-10-28-18)31-19(15)20(33)32-14-24(25,26)9-8-23(32,22(2,3)4)13-29-21(34)35/h5-7,10-11,29H,8-9,13-14H2,1-4H3,(H,34,35)(H,28,30,31)/t23-/m0/s1. The van der Waals surface area contributed by atoms with Gasteiger partial charge < -0.3 is 20.6 Å². The molecule has 0 unspecified atom stereocenters. The maximum atomic E-state index is 14.6. The maximum Gasteiger partial charge on any atom is 0.404 e. The number of piperidine rings is 1. The molecule has 2 amide bonds. The number of anilines is 2. The summed E-state index contributed by atoms with van der Waals surface area (Å²) in [6, 6.07) is 8.30. The van der Waals surface area contributed by atoms with E-state index in [1.807, 2.05) is 6.07 Å². The van der Waals surface area contributed by atoms with Crippen molar-refractivity contribution in [2.24, 2.45) is 5.41 Å². The van der Waals surface area contributed by atoms with Gasteiger partial charge in [0.15, 0.2) is 0 Å². The number of amides is 2. The second kappa shape index (κ2) is 9.44. The number of halogens is 2. The number of nitrogens with one attached hydrogen (secondary N) is 2. The van der Waals surface area contributed by atoms with E-state index in [9.17, 15) is 23.5 Å². The third-order valence-corrected chi connectivity index (χ3v) is 6.43. The van der Waals surface area contributed by atoms with Crippen LogP contribution in [0.1, 0.15) is 55.2 Å². The van der Waals surface area contributed by atoms with Crippen molar-refractivity contribution in [1.29, 1.82) is 5.26 Å². The summed E-state index contributed by atoms with van der Waals surface area (Å²) in [4.78, 5) is 34.7. The molecule has 2 aromatic rings. The Labute approximate surface area is 202 Å². The summed E-state index contributed by atoms with van der Waals surface area (Å²) in [5, 5.41) is 23.5. The highest BCUT2D eigenvalue weighted by atomic mass is 19.3. The van der Waals surface area contributed by atoms with E-state index in [-0.39, 0.29) is 24.5 Å². The zero-order chi connectivity index (χ0) is 26.0. The van der Waals surface area contributed by atoms with Crippen molar-refractivity contribution in [2.45, 2.75) is 52.0 Å². The molecule has 1 saturated heterocycles. The van der Waals surface area contributed by atoms with E-state index >= 15 is 0 Å². The third-order valence-electron chi connectivity index (χ3n) is 6.43. The topological polar surface area (TPSA) is 131 Å². The van der Waals surface area contributed by atoms with Crippen LogP contribution >= 0.6 is 0 Å². The molecule has 0 spiro atoms. The van der Waals surface area contributed by atoms with Crippen LogP contribution in [0.3, 0.4) is 0 Å². The molecule has 3 rings (SSSR count). The van der Waals surface area contributed by atoms with Gasteiger partial charge in [0.05, 0.1) is 23.7 Å². The third kappa shape index (κ3) is 5.48. The van der Waals surface area contributed by atoms with E-state index in [4.69, 9.17) is 5.26 Å². The molecule has 1 aliphatic rings. The minimum Gasteiger partial charge on any atom is -0.465 e. The molecule has 0 saturated carbocycles. The highest BCUT2D eigenvalue weighted by Gasteiger charge is 2.56. The van der Waals surface area contributed by atoms with Crippen molar-refractivity contribution in [2.75, 3.05) is 18.4 Å². The lowest BCUT2D eigenvalue weighted by Crippen LogP contribution is -2.69. The molecule has 0 bridgehead atoms. The highest BCUT2D eigenvalue weighted by Crippen LogP contribution is 2.46. The van der Waals surface area contributed by atoms with Gasteiger partial charge >= 0.3 is 6.09 Å². The number of likely N-dealkylation sites (tertiary alicyclic amines) is 1. The molecule has 9 nitrogen and oxygen atoms in total. The smallest absolute Gasteiger partial charge is 0.404 e. The SMILES string of the molecule is Cc1ccc(Nc2cc(C#N)ccn2)nc1C(=O)N1CC(F)(F)CC[C@]1(CNC(=O)O)C(C)(C)C. The summed E-state index contributed by atoms with van der Waals surface area (Å²) in [5.41, 5.74) is -1.12. The molecular weight excluding hydrogens is 458 g/mol. The fourth-order valence-corrected chi connectivity index (χ4v) is 4.35. The first-order chi connectivity index (χ1) is 16.3. The summed E-state index contributed by atoms with van der Waals surface area (Å²) < 4.78 is 29.2. The van der Waals surface area contributed by atoms with E-state index in [1.54, 1.807) is 39.8 Å². The van der Waals surface area contributed by atoms with Crippen LogP contribution in [-0.2, 0) is 0 Å². The summed E-state index contributed by atoms with van der Waals surface area (Å²) in [6.45, 7) is 5.99. The van der Waals surface area contributed by atoms with Crippen LogP contribution in [0.4, 0.5) is 25.2 Å². The first-order valence-corrected chi connectivity index (χ1v) is 11.1. The number of alkyl halides is 2. The molecule has 3 N–H and O–H groups in total. The molecule has 35 heavy (non-hydrogen) atoms. The Kier molecular flexibility index (Phi) is 6.96. The fraction of sp³-hybridized carbons (Fsp3) is 0.458. The number of nitriles is 1. The molecule has 0 aromatic carbocycles. The van der Waals surface area contributed by atoms with Gasteiger partial charge in [-0.2, -0.15) is 5.26 Å². The molecule has 186 valence electrons. The zero-order valence-electron chi connectivity index (χ0n) is 20.0. The molecule has 0 aliphatic carbocycles. The molecule has 1 atom stereocenters. The van der Waals surface area contributed by atoms with Crippen molar-refractivity contribution < 1.29 is 23.5 Å². The molecular formula is C24H28F2N6O3. The molecule has 3 heterocycles. The maximum absolute atomic E-state index is 14.6. The zero-order valence-corrected chi connectivity index (χ0v) is 20.0. The lowest BCUT2D eigenvalue weighted by molar-refractivity contribution is -0.125. The van der Waals surface area contributed by atoms with Crippen LogP contribution in [0, 0.1) is 23.7 Å². The Bertz CT molecular complexity index is 1170. The number of carbonyl (C=O) groups is 2. The Morgan fingerprint density at radius 2 is 1.94 bits per heavy atom. The van der Waals surface area contributed by atoms with E-state index in [2.05, 4.69) is 20.6 Å². The average molecular weight is 487 g/mol. The molecule has 1 aliphatic heterocycles. The summed E-state index contributed by atoms with van der Waals surface area (Å²) in [6.07, 6.45) is -0.405. The monoisotopic (exact) mass is 486 g/mol. The number of carboxylic acid groups (broad SMARTS) is 1. The van der Waals surface area contributed by atoms with Crippen LogP contribution < -0.4 is 10.6 Å². The first-order valence-electron chi connectivity index (χ1n) is 11.1. The second-order valence-corrected chi connectivity index (χ2v) is 9.72. The van der Waals surface area contributed by atoms with Crippen LogP contribution in [0.5, 0.6) is 0 Å². The number of hydrogen-bond donors (Lipinski definition) is 3. The lowest BCUT2D eigenvalue weighted by atomic mass is 9.67. The summed E-state index contributed by atoms with van der Waals surface area (Å²) >= 11 is 0. The van der Waals surface area contributed by atoms with Crippen LogP contribution in [-0.4, -0.2) is 56.5 Å². The predicted octanol–water partition coefficient (Wildman–Crippen LogP) is 4.32. The Balaban J connectivity index is 2.03. The van der Waals surface area contributed by atoms with Crippen molar-refractivity contribution in [3.05, 3.63) is 47.3 Å². The predicted molar refractivity (Wildman–Crippen MR) is 125 cm³/mol. The quantitative estimate of drug-likeness (QED) is 0.573. The van der Waals surface area contributed by atoms with Crippen molar-refractivity contribution in [1.82, 2.24) is 20.2 Å². The van der Waals surface area contributed by atoms with Gasteiger partial charge in [-0.25, -0.2) is 23.5 Å². The number of rotatable bonds is 5. The Hall–Kier alpha value is -3.81. The Morgan fingerprint density at radius 3 is 2.57 bits per heavy atom. The molecule has 0 radical (unpaired) electrons. The van der Waals surface area contributed by atoms with E-state index in [1.165, 1.54) is 18.3 Å². The van der Waals surface area contributed by atoms with Gasteiger partial charge in [-0.3, -0.25) is 4.79 Å². The number of carbonyl (C=O) groups excluding carboxylic acids is 1. The van der Waals surface area contributed by atoms with Gasteiger partial charge in [-0.05, 0) is 42.5 Å². The van der Waals surface area contributed by atoms with Crippen molar-refractivity contribution >= 4 is 23.6 Å². The van der Waals surface area contributed by atoms with Crippen LogP contribution in [0.2, 0.25) is 0 Å². The van der Waals surface area contributed by atoms with Gasteiger partial charge in [-0.15, -0.1) is 0 Å². The van der Waals surface area contributed by atoms with Gasteiger partial charge in [0.2, 0.25) is 0 Å². The van der Waals surface area contributed by atoms with Crippen LogP contribution in [0.25, 0.3) is 0 Å². The number of nitrogens with zero attached hydrogens (tertiary/aromatic N) is 4. The lowest BCUT2D eigenvalue weighted by Gasteiger charge is -2.56. The number of pyridine rings is 2. The normalized spacial score (nSPS) is 19.5. The van der Waals surface area contributed by atoms with E-state index in [0.717, 1.165) is 4.90 Å². The van der Waals surface area contributed by atoms with Gasteiger partial charge in [-0.1, -0.05) is 26.8 Å². The highest BCUT2D eigenvalue weighted by molar-refractivity contribution is 5.95. The van der Waals surface area contributed by atoms with Crippen LogP contribution in [0.15, 0.2) is 30.5 Å². The minimum absolute atomic E-state index is 0.0342. The number of hydrogen-bond acceptors (Lipinski definition) is 6. The number of aromatic nitrogens is 2. The molecule has 11 heteroatoms. The van der Waals surface area contributed by atoms with Crippen molar-refractivity contribution in [3.63, 3.8) is 0 Å². The van der Waals surface area contributed by atoms with E-state index in [0.29, 0.717) is 16.9 Å². The summed E-state index contributed by atoms with van der Waals surface area (Å²) in [7, 11) is 0. The molecule has 1 fully saturated rings. The van der Waals surface area contributed by atoms with Gasteiger partial charge in [0.25, 0.3) is 11.8 Å². The van der Waals surface area contributed by atoms with Gasteiger partial charge in [0.1, 0.15) is 17.3 Å². The Morgan fingerprint density at radius 1 is 1.23 bits per heavy atom. The minimum atomic E-state index is -3.13. The first kappa shape index (κ1) is 25.8. The van der Waals surface area contributed by atoms with E-state index < -0.39 is 41.8 Å². The average Bonchev–Trinajstić information content (AvgIpc) is 2.78.